The normalized spacial score (nSPS) is 19.2. The van der Waals surface area contributed by atoms with Gasteiger partial charge in [0.05, 0.1) is 6.61 Å². The van der Waals surface area contributed by atoms with Crippen molar-refractivity contribution in [3.8, 4) is 0 Å². The van der Waals surface area contributed by atoms with Gasteiger partial charge in [0.1, 0.15) is 0 Å². The van der Waals surface area contributed by atoms with Gasteiger partial charge in [0.15, 0.2) is 0 Å². The zero-order valence-electron chi connectivity index (χ0n) is 10.1. The molecular formula is C12H25N3O. The first-order valence-electron chi connectivity index (χ1n) is 6.18. The zero-order valence-corrected chi connectivity index (χ0v) is 10.1. The molecular weight excluding hydrogens is 202 g/mol. The summed E-state index contributed by atoms with van der Waals surface area (Å²) in [6.45, 7) is 9.84. The van der Waals surface area contributed by atoms with E-state index in [0.717, 1.165) is 52.1 Å². The van der Waals surface area contributed by atoms with Crippen LogP contribution in [0.5, 0.6) is 0 Å². The van der Waals surface area contributed by atoms with Gasteiger partial charge in [-0.05, 0) is 25.9 Å². The second kappa shape index (κ2) is 7.79. The lowest BCUT2D eigenvalue weighted by molar-refractivity contribution is 0.161. The molecule has 94 valence electrons. The molecule has 0 radical (unpaired) electrons. The fourth-order valence-corrected chi connectivity index (χ4v) is 2.08. The second-order valence-corrected chi connectivity index (χ2v) is 4.49. The average molecular weight is 227 g/mol. The second-order valence-electron chi connectivity index (χ2n) is 4.49. The highest BCUT2D eigenvalue weighted by molar-refractivity contribution is 4.77. The third-order valence-corrected chi connectivity index (χ3v) is 3.17. The molecule has 0 aromatic carbocycles. The largest absolute Gasteiger partial charge is 0.395 e. The molecule has 1 heterocycles. The van der Waals surface area contributed by atoms with E-state index in [1.165, 1.54) is 0 Å². The van der Waals surface area contributed by atoms with E-state index in [9.17, 15) is 0 Å². The minimum absolute atomic E-state index is 0.221. The van der Waals surface area contributed by atoms with Gasteiger partial charge in [-0.2, -0.15) is 0 Å². The predicted octanol–water partition coefficient (Wildman–Crippen LogP) is -0.110. The number of hydrogen-bond acceptors (Lipinski definition) is 4. The number of nitrogens with zero attached hydrogens (tertiary/aromatic N) is 2. The van der Waals surface area contributed by atoms with Crippen molar-refractivity contribution in [2.24, 2.45) is 5.73 Å². The number of aliphatic hydroxyl groups excluding tert-OH is 1. The van der Waals surface area contributed by atoms with Crippen LogP contribution in [-0.2, 0) is 0 Å². The number of hydrogen-bond donors (Lipinski definition) is 2. The van der Waals surface area contributed by atoms with Crippen LogP contribution in [-0.4, -0.2) is 66.8 Å². The number of piperidine rings is 1. The molecule has 0 aromatic rings. The summed E-state index contributed by atoms with van der Waals surface area (Å²) in [7, 11) is 0. The van der Waals surface area contributed by atoms with Crippen LogP contribution in [0.3, 0.4) is 0 Å². The number of rotatable bonds is 7. The average Bonchev–Trinajstić information content (AvgIpc) is 2.29. The van der Waals surface area contributed by atoms with Gasteiger partial charge >= 0.3 is 0 Å². The van der Waals surface area contributed by atoms with Crippen LogP contribution in [0.25, 0.3) is 0 Å². The van der Waals surface area contributed by atoms with Gasteiger partial charge in [-0.25, -0.2) is 0 Å². The third-order valence-electron chi connectivity index (χ3n) is 3.17. The molecule has 0 atom stereocenters. The molecule has 3 N–H and O–H groups in total. The molecule has 1 aliphatic heterocycles. The van der Waals surface area contributed by atoms with Crippen molar-refractivity contribution in [1.29, 1.82) is 0 Å². The van der Waals surface area contributed by atoms with E-state index >= 15 is 0 Å². The zero-order chi connectivity index (χ0) is 11.8. The van der Waals surface area contributed by atoms with Crippen molar-refractivity contribution in [2.45, 2.75) is 18.9 Å². The minimum Gasteiger partial charge on any atom is -0.395 e. The number of aliphatic hydroxyl groups is 1. The summed E-state index contributed by atoms with van der Waals surface area (Å²) in [6.07, 6.45) is 4.12. The maximum absolute atomic E-state index is 8.93. The van der Waals surface area contributed by atoms with Gasteiger partial charge in [0.25, 0.3) is 0 Å². The van der Waals surface area contributed by atoms with E-state index in [-0.39, 0.29) is 6.61 Å². The monoisotopic (exact) mass is 227 g/mol. The molecule has 4 heteroatoms. The summed E-state index contributed by atoms with van der Waals surface area (Å²) in [5.41, 5.74) is 5.86. The summed E-state index contributed by atoms with van der Waals surface area (Å²) in [5, 5.41) is 8.93. The first-order chi connectivity index (χ1) is 7.76. The molecule has 16 heavy (non-hydrogen) atoms. The summed E-state index contributed by atoms with van der Waals surface area (Å²) in [4.78, 5) is 4.68. The van der Waals surface area contributed by atoms with Crippen molar-refractivity contribution < 1.29 is 5.11 Å². The molecule has 1 saturated heterocycles. The molecule has 0 aromatic heterocycles. The van der Waals surface area contributed by atoms with E-state index in [2.05, 4.69) is 16.4 Å². The molecule has 1 fully saturated rings. The molecule has 1 rings (SSSR count). The SMILES string of the molecule is C=CCN(CCO)CCN1CCC(N)CC1. The van der Waals surface area contributed by atoms with Crippen molar-refractivity contribution >= 4 is 0 Å². The van der Waals surface area contributed by atoms with Gasteiger partial charge < -0.3 is 15.7 Å². The highest BCUT2D eigenvalue weighted by Gasteiger charge is 2.16. The lowest BCUT2D eigenvalue weighted by Crippen LogP contribution is -2.43. The Morgan fingerprint density at radius 1 is 1.38 bits per heavy atom. The van der Waals surface area contributed by atoms with E-state index < -0.39 is 0 Å². The standard InChI is InChI=1S/C12H25N3O/c1-2-5-14(10-11-16)8-9-15-6-3-12(13)4-7-15/h2,12,16H,1,3-11,13H2. The topological polar surface area (TPSA) is 52.7 Å². The van der Waals surface area contributed by atoms with Crippen molar-refractivity contribution in [3.05, 3.63) is 12.7 Å². The van der Waals surface area contributed by atoms with Gasteiger partial charge in [0, 0.05) is 32.2 Å². The number of likely N-dealkylation sites (tertiary alicyclic amines) is 1. The van der Waals surface area contributed by atoms with Crippen LogP contribution >= 0.6 is 0 Å². The smallest absolute Gasteiger partial charge is 0.0558 e. The summed E-state index contributed by atoms with van der Waals surface area (Å²) in [6, 6.07) is 0.401. The van der Waals surface area contributed by atoms with Gasteiger partial charge in [0.2, 0.25) is 0 Å². The highest BCUT2D eigenvalue weighted by atomic mass is 16.3. The van der Waals surface area contributed by atoms with Crippen molar-refractivity contribution in [2.75, 3.05) is 45.9 Å². The molecule has 0 bridgehead atoms. The molecule has 0 spiro atoms. The maximum atomic E-state index is 8.93. The lowest BCUT2D eigenvalue weighted by atomic mass is 10.1. The minimum atomic E-state index is 0.221. The third kappa shape index (κ3) is 5.07. The van der Waals surface area contributed by atoms with Crippen LogP contribution in [0.4, 0.5) is 0 Å². The Bertz CT molecular complexity index is 191. The van der Waals surface area contributed by atoms with E-state index in [4.69, 9.17) is 10.8 Å². The Hall–Kier alpha value is -0.420. The molecule has 0 saturated carbocycles. The highest BCUT2D eigenvalue weighted by Crippen LogP contribution is 2.07. The summed E-state index contributed by atoms with van der Waals surface area (Å²) in [5.74, 6) is 0. The molecule has 0 aliphatic carbocycles. The van der Waals surface area contributed by atoms with E-state index in [0.29, 0.717) is 6.04 Å². The summed E-state index contributed by atoms with van der Waals surface area (Å²) >= 11 is 0. The first-order valence-corrected chi connectivity index (χ1v) is 6.18. The first kappa shape index (κ1) is 13.6. The van der Waals surface area contributed by atoms with E-state index in [1.54, 1.807) is 0 Å². The summed E-state index contributed by atoms with van der Waals surface area (Å²) < 4.78 is 0. The van der Waals surface area contributed by atoms with Gasteiger partial charge in [-0.1, -0.05) is 6.08 Å². The fraction of sp³-hybridized carbons (Fsp3) is 0.833. The molecule has 0 unspecified atom stereocenters. The maximum Gasteiger partial charge on any atom is 0.0558 e. The Morgan fingerprint density at radius 3 is 2.62 bits per heavy atom. The number of nitrogens with two attached hydrogens (primary N) is 1. The van der Waals surface area contributed by atoms with Crippen molar-refractivity contribution in [1.82, 2.24) is 9.80 Å². The Kier molecular flexibility index (Phi) is 6.64. The quantitative estimate of drug-likeness (QED) is 0.596. The van der Waals surface area contributed by atoms with Crippen LogP contribution in [0.15, 0.2) is 12.7 Å². The van der Waals surface area contributed by atoms with E-state index in [1.807, 2.05) is 6.08 Å². The van der Waals surface area contributed by atoms with Crippen LogP contribution in [0, 0.1) is 0 Å². The Labute approximate surface area is 98.7 Å². The Morgan fingerprint density at radius 2 is 2.06 bits per heavy atom. The van der Waals surface area contributed by atoms with Crippen LogP contribution in [0.2, 0.25) is 0 Å². The van der Waals surface area contributed by atoms with Crippen molar-refractivity contribution in [3.63, 3.8) is 0 Å². The molecule has 4 nitrogen and oxygen atoms in total. The van der Waals surface area contributed by atoms with Crippen LogP contribution in [0.1, 0.15) is 12.8 Å². The predicted molar refractivity (Wildman–Crippen MR) is 67.4 cm³/mol. The van der Waals surface area contributed by atoms with Gasteiger partial charge in [-0.15, -0.1) is 6.58 Å². The van der Waals surface area contributed by atoms with Crippen LogP contribution < -0.4 is 5.73 Å². The Balaban J connectivity index is 2.18. The fourth-order valence-electron chi connectivity index (χ4n) is 2.08. The lowest BCUT2D eigenvalue weighted by Gasteiger charge is -2.31. The molecule has 0 amide bonds. The van der Waals surface area contributed by atoms with Gasteiger partial charge in [-0.3, -0.25) is 4.90 Å². The molecule has 1 aliphatic rings.